The minimum atomic E-state index is -0.925. The maximum absolute atomic E-state index is 10.4. The molecule has 4 nitrogen and oxygen atoms in total. The summed E-state index contributed by atoms with van der Waals surface area (Å²) in [5.74, 6) is -0.925. The van der Waals surface area contributed by atoms with Crippen molar-refractivity contribution >= 4 is 5.97 Å². The SMILES string of the molecule is CCCCCCCCCCC(CCCCCCC(=O)[O-])n1ccnc1. The van der Waals surface area contributed by atoms with Crippen LogP contribution in [0.5, 0.6) is 0 Å². The van der Waals surface area contributed by atoms with Crippen LogP contribution in [0.25, 0.3) is 0 Å². The molecule has 0 radical (unpaired) electrons. The van der Waals surface area contributed by atoms with E-state index in [1.54, 1.807) is 0 Å². The highest BCUT2D eigenvalue weighted by atomic mass is 16.4. The molecule has 0 saturated heterocycles. The Balaban J connectivity index is 2.13. The molecule has 1 unspecified atom stereocenters. The minimum absolute atomic E-state index is 0.198. The van der Waals surface area contributed by atoms with Gasteiger partial charge in [-0.1, -0.05) is 77.6 Å². The van der Waals surface area contributed by atoms with Gasteiger partial charge in [-0.25, -0.2) is 4.98 Å². The van der Waals surface area contributed by atoms with Gasteiger partial charge in [0.1, 0.15) is 0 Å². The first-order valence-electron chi connectivity index (χ1n) is 10.4. The number of carbonyl (C=O) groups excluding carboxylic acids is 1. The van der Waals surface area contributed by atoms with E-state index in [0.717, 1.165) is 32.1 Å². The van der Waals surface area contributed by atoms with E-state index in [2.05, 4.69) is 22.7 Å². The number of imidazole rings is 1. The fourth-order valence-corrected chi connectivity index (χ4v) is 3.44. The van der Waals surface area contributed by atoms with E-state index in [1.165, 1.54) is 57.8 Å². The quantitative estimate of drug-likeness (QED) is 0.370. The number of carbonyl (C=O) groups is 1. The molecule has 0 fully saturated rings. The Bertz CT molecular complexity index is 418. The van der Waals surface area contributed by atoms with Crippen molar-refractivity contribution in [2.45, 2.75) is 109 Å². The van der Waals surface area contributed by atoms with Gasteiger partial charge >= 0.3 is 0 Å². The van der Waals surface area contributed by atoms with Crippen LogP contribution in [0.2, 0.25) is 0 Å². The molecule has 0 aliphatic rings. The summed E-state index contributed by atoms with van der Waals surface area (Å²) in [4.78, 5) is 14.6. The molecule has 0 N–H and O–H groups in total. The number of hydrogen-bond donors (Lipinski definition) is 0. The molecule has 0 aliphatic carbocycles. The fraction of sp³-hybridized carbons (Fsp3) is 0.810. The molecule has 1 aromatic rings. The molecule has 25 heavy (non-hydrogen) atoms. The highest BCUT2D eigenvalue weighted by Crippen LogP contribution is 2.23. The largest absolute Gasteiger partial charge is 0.550 e. The Kier molecular flexibility index (Phi) is 13.0. The molecular formula is C21H37N2O2-. The lowest BCUT2D eigenvalue weighted by molar-refractivity contribution is -0.305. The number of aliphatic carboxylic acids is 1. The van der Waals surface area contributed by atoms with Gasteiger partial charge in [0, 0.05) is 24.4 Å². The number of carboxylic acid groups (broad SMARTS) is 1. The Morgan fingerprint density at radius 3 is 2.00 bits per heavy atom. The van der Waals surface area contributed by atoms with E-state index in [9.17, 15) is 9.90 Å². The Labute approximate surface area is 154 Å². The predicted molar refractivity (Wildman–Crippen MR) is 101 cm³/mol. The zero-order valence-corrected chi connectivity index (χ0v) is 16.1. The van der Waals surface area contributed by atoms with Crippen molar-refractivity contribution in [3.05, 3.63) is 18.7 Å². The third kappa shape index (κ3) is 11.8. The second-order valence-corrected chi connectivity index (χ2v) is 7.25. The molecule has 0 amide bonds. The second kappa shape index (κ2) is 15.0. The number of rotatable bonds is 17. The lowest BCUT2D eigenvalue weighted by atomic mass is 10.00. The maximum Gasteiger partial charge on any atom is 0.0948 e. The van der Waals surface area contributed by atoms with Crippen LogP contribution >= 0.6 is 0 Å². The van der Waals surface area contributed by atoms with Crippen molar-refractivity contribution in [2.24, 2.45) is 0 Å². The smallest absolute Gasteiger partial charge is 0.0948 e. The Morgan fingerprint density at radius 1 is 0.920 bits per heavy atom. The van der Waals surface area contributed by atoms with Gasteiger partial charge in [0.05, 0.1) is 6.33 Å². The number of carboxylic acids is 1. The Morgan fingerprint density at radius 2 is 1.48 bits per heavy atom. The summed E-state index contributed by atoms with van der Waals surface area (Å²) in [6.07, 6.45) is 23.3. The fourth-order valence-electron chi connectivity index (χ4n) is 3.44. The van der Waals surface area contributed by atoms with Crippen LogP contribution in [-0.2, 0) is 4.79 Å². The minimum Gasteiger partial charge on any atom is -0.550 e. The van der Waals surface area contributed by atoms with E-state index in [-0.39, 0.29) is 6.42 Å². The van der Waals surface area contributed by atoms with E-state index < -0.39 is 5.97 Å². The second-order valence-electron chi connectivity index (χ2n) is 7.25. The first kappa shape index (κ1) is 21.7. The summed E-state index contributed by atoms with van der Waals surface area (Å²) >= 11 is 0. The molecule has 1 heterocycles. The summed E-state index contributed by atoms with van der Waals surface area (Å²) in [7, 11) is 0. The van der Waals surface area contributed by atoms with Crippen LogP contribution in [0, 0.1) is 0 Å². The third-order valence-electron chi connectivity index (χ3n) is 5.01. The standard InChI is InChI=1S/C21H38N2O2/c1-2-3-4-5-6-7-8-11-14-20(23-18-17-22-19-23)15-12-9-10-13-16-21(24)25/h17-20H,2-16H2,1H3,(H,24,25)/p-1. The molecule has 1 aromatic heterocycles. The highest BCUT2D eigenvalue weighted by molar-refractivity contribution is 5.63. The topological polar surface area (TPSA) is 57.9 Å². The highest BCUT2D eigenvalue weighted by Gasteiger charge is 2.10. The molecule has 144 valence electrons. The van der Waals surface area contributed by atoms with Crippen LogP contribution < -0.4 is 5.11 Å². The molecule has 0 aromatic carbocycles. The van der Waals surface area contributed by atoms with Gasteiger partial charge in [-0.15, -0.1) is 0 Å². The van der Waals surface area contributed by atoms with Crippen molar-refractivity contribution < 1.29 is 9.90 Å². The van der Waals surface area contributed by atoms with Gasteiger partial charge < -0.3 is 14.5 Å². The van der Waals surface area contributed by atoms with E-state index in [0.29, 0.717) is 6.04 Å². The lowest BCUT2D eigenvalue weighted by Crippen LogP contribution is -2.21. The molecule has 0 bridgehead atoms. The van der Waals surface area contributed by atoms with Crippen LogP contribution in [0.4, 0.5) is 0 Å². The van der Waals surface area contributed by atoms with Crippen molar-refractivity contribution in [3.8, 4) is 0 Å². The molecular weight excluding hydrogens is 312 g/mol. The first-order valence-corrected chi connectivity index (χ1v) is 10.4. The third-order valence-corrected chi connectivity index (χ3v) is 5.01. The molecule has 0 aliphatic heterocycles. The molecule has 0 saturated carbocycles. The zero-order valence-electron chi connectivity index (χ0n) is 16.1. The zero-order chi connectivity index (χ0) is 18.2. The average molecular weight is 350 g/mol. The summed E-state index contributed by atoms with van der Waals surface area (Å²) in [5.41, 5.74) is 0. The average Bonchev–Trinajstić information content (AvgIpc) is 3.12. The summed E-state index contributed by atoms with van der Waals surface area (Å²) < 4.78 is 2.25. The summed E-state index contributed by atoms with van der Waals surface area (Å²) in [6.45, 7) is 2.26. The van der Waals surface area contributed by atoms with Crippen molar-refractivity contribution in [3.63, 3.8) is 0 Å². The molecule has 4 heteroatoms. The summed E-state index contributed by atoms with van der Waals surface area (Å²) in [5, 5.41) is 10.4. The van der Waals surface area contributed by atoms with Gasteiger partial charge in [-0.2, -0.15) is 0 Å². The number of aromatic nitrogens is 2. The van der Waals surface area contributed by atoms with Gasteiger partial charge in [0.15, 0.2) is 0 Å². The van der Waals surface area contributed by atoms with Gasteiger partial charge in [0.25, 0.3) is 0 Å². The van der Waals surface area contributed by atoms with E-state index in [1.807, 2.05) is 12.5 Å². The monoisotopic (exact) mass is 349 g/mol. The first-order chi connectivity index (χ1) is 12.2. The maximum atomic E-state index is 10.4. The van der Waals surface area contributed by atoms with Gasteiger partial charge in [-0.05, 0) is 25.7 Å². The predicted octanol–water partition coefficient (Wildman–Crippen LogP) is 5.05. The molecule has 0 spiro atoms. The Hall–Kier alpha value is -1.32. The number of unbranched alkanes of at least 4 members (excludes halogenated alkanes) is 10. The molecule has 1 atom stereocenters. The van der Waals surface area contributed by atoms with Crippen LogP contribution in [-0.4, -0.2) is 15.5 Å². The van der Waals surface area contributed by atoms with Gasteiger partial charge in [-0.3, -0.25) is 0 Å². The van der Waals surface area contributed by atoms with Crippen molar-refractivity contribution in [1.29, 1.82) is 0 Å². The van der Waals surface area contributed by atoms with Crippen LogP contribution in [0.15, 0.2) is 18.7 Å². The van der Waals surface area contributed by atoms with E-state index >= 15 is 0 Å². The van der Waals surface area contributed by atoms with Gasteiger partial charge in [0.2, 0.25) is 0 Å². The van der Waals surface area contributed by atoms with Crippen LogP contribution in [0.3, 0.4) is 0 Å². The summed E-state index contributed by atoms with van der Waals surface area (Å²) in [6, 6.07) is 0.545. The lowest BCUT2D eigenvalue weighted by Gasteiger charge is -2.18. The van der Waals surface area contributed by atoms with Crippen LogP contribution in [0.1, 0.15) is 109 Å². The van der Waals surface area contributed by atoms with Crippen molar-refractivity contribution in [2.75, 3.05) is 0 Å². The van der Waals surface area contributed by atoms with E-state index in [4.69, 9.17) is 0 Å². The number of hydrogen-bond acceptors (Lipinski definition) is 3. The normalized spacial score (nSPS) is 12.4. The molecule has 1 rings (SSSR count). The number of nitrogens with zero attached hydrogens (tertiary/aromatic N) is 2. The van der Waals surface area contributed by atoms with Crippen molar-refractivity contribution in [1.82, 2.24) is 9.55 Å².